The van der Waals surface area contributed by atoms with Gasteiger partial charge in [0.25, 0.3) is 0 Å². The Kier molecular flexibility index (Phi) is 60.2. The van der Waals surface area contributed by atoms with E-state index in [0.29, 0.717) is 12.8 Å². The first-order valence-electron chi connectivity index (χ1n) is 36.9. The summed E-state index contributed by atoms with van der Waals surface area (Å²) < 4.78 is 17.7. The topological polar surface area (TPSA) is 175 Å². The van der Waals surface area contributed by atoms with Crippen LogP contribution in [0.1, 0.15) is 329 Å². The Hall–Kier alpha value is -3.16. The molecule has 0 aromatic rings. The van der Waals surface area contributed by atoms with E-state index < -0.39 is 67.4 Å². The van der Waals surface area contributed by atoms with Crippen molar-refractivity contribution in [2.24, 2.45) is 0 Å². The van der Waals surface area contributed by atoms with Crippen LogP contribution in [0, 0.1) is 0 Å². The first kappa shape index (κ1) is 82.9. The van der Waals surface area contributed by atoms with Gasteiger partial charge in [-0.3, -0.25) is 9.59 Å². The number of aliphatic hydroxyl groups is 5. The highest BCUT2D eigenvalue weighted by Gasteiger charge is 2.47. The molecular formula is C77H137NO10. The maximum atomic E-state index is 13.5. The summed E-state index contributed by atoms with van der Waals surface area (Å²) in [6, 6.07) is -1.03. The van der Waals surface area contributed by atoms with E-state index >= 15 is 0 Å². The van der Waals surface area contributed by atoms with Crippen molar-refractivity contribution >= 4 is 11.9 Å². The molecule has 1 rings (SSSR count). The van der Waals surface area contributed by atoms with E-state index in [1.54, 1.807) is 6.08 Å². The lowest BCUT2D eigenvalue weighted by Crippen LogP contribution is -2.61. The summed E-state index contributed by atoms with van der Waals surface area (Å²) in [4.78, 5) is 26.7. The van der Waals surface area contributed by atoms with Gasteiger partial charge < -0.3 is 45.1 Å². The smallest absolute Gasteiger partial charge is 0.306 e. The van der Waals surface area contributed by atoms with Crippen molar-refractivity contribution in [2.45, 2.75) is 378 Å². The number of unbranched alkanes of at least 4 members (excludes halogenated alkanes) is 37. The summed E-state index contributed by atoms with van der Waals surface area (Å²) in [6.07, 6.45) is 74.8. The number of carbonyl (C=O) groups excluding carboxylic acids is 2. The molecule has 1 aliphatic heterocycles. The van der Waals surface area contributed by atoms with E-state index in [-0.39, 0.29) is 19.4 Å². The van der Waals surface area contributed by atoms with Crippen molar-refractivity contribution in [3.8, 4) is 0 Å². The highest BCUT2D eigenvalue weighted by Crippen LogP contribution is 2.26. The zero-order valence-corrected chi connectivity index (χ0v) is 56.8. The maximum Gasteiger partial charge on any atom is 0.306 e. The van der Waals surface area contributed by atoms with Gasteiger partial charge in [-0.15, -0.1) is 0 Å². The van der Waals surface area contributed by atoms with Crippen molar-refractivity contribution in [3.63, 3.8) is 0 Å². The molecule has 0 aromatic carbocycles. The van der Waals surface area contributed by atoms with Gasteiger partial charge in [-0.1, -0.05) is 311 Å². The average Bonchev–Trinajstić information content (AvgIpc) is 2.54. The summed E-state index contributed by atoms with van der Waals surface area (Å²) in [5, 5.41) is 57.3. The molecule has 1 heterocycles. The standard InChI is InChI=1S/C77H137NO10/c1-4-7-10-13-16-19-22-25-27-29-31-33-35-36-37-39-41-43-45-47-50-53-56-59-62-65-72(82)88-75-74(84)73(83)71(66-79)87-77(75)86-67-68(69(80)63-60-57-54-51-48-24-21-18-15-12-9-6-3)78-76(85)70(81)64-61-58-55-52-49-46-44-42-40-38-34-32-30-28-26-23-20-17-14-11-8-5-2/h8,11,17,20,25-28,32,34,40,42,60,63,68-71,73-75,77,79-81,83-84H,4-7,9-10,12-16,18-19,21-24,29-31,33,35-39,41,43-59,61-62,64-67H2,1-3H3,(H,78,85)/b11-8-,20-17-,27-25+,28-26-,34-32-,42-40-,63-60+. The lowest BCUT2D eigenvalue weighted by atomic mass is 9.99. The molecule has 0 aromatic heterocycles. The van der Waals surface area contributed by atoms with Crippen molar-refractivity contribution in [1.29, 1.82) is 0 Å². The number of amides is 1. The molecule has 11 heteroatoms. The number of allylic oxidation sites excluding steroid dienone is 13. The van der Waals surface area contributed by atoms with Gasteiger partial charge in [-0.25, -0.2) is 0 Å². The Bertz CT molecular complexity index is 1760. The molecule has 0 spiro atoms. The molecule has 88 heavy (non-hydrogen) atoms. The number of hydrogen-bond acceptors (Lipinski definition) is 10. The second-order valence-electron chi connectivity index (χ2n) is 25.3. The third-order valence-corrected chi connectivity index (χ3v) is 17.0. The second kappa shape index (κ2) is 64.0. The molecule has 6 N–H and O–H groups in total. The molecule has 1 fully saturated rings. The van der Waals surface area contributed by atoms with Crippen LogP contribution in [0.2, 0.25) is 0 Å². The van der Waals surface area contributed by atoms with Crippen LogP contribution < -0.4 is 5.32 Å². The van der Waals surface area contributed by atoms with Gasteiger partial charge in [0.2, 0.25) is 5.91 Å². The molecule has 0 aliphatic carbocycles. The number of hydrogen-bond donors (Lipinski definition) is 6. The normalized spacial score (nSPS) is 18.7. The Labute approximate surface area is 540 Å². The van der Waals surface area contributed by atoms with Gasteiger partial charge in [-0.05, 0) is 96.3 Å². The van der Waals surface area contributed by atoms with E-state index in [2.05, 4.69) is 99.0 Å². The first-order chi connectivity index (χ1) is 43.2. The fraction of sp³-hybridized carbons (Fsp3) is 0.792. The molecule has 1 amide bonds. The fourth-order valence-corrected chi connectivity index (χ4v) is 11.3. The number of carbonyl (C=O) groups is 2. The number of nitrogens with one attached hydrogen (secondary N) is 1. The van der Waals surface area contributed by atoms with Crippen molar-refractivity contribution < 1.29 is 49.3 Å². The maximum absolute atomic E-state index is 13.5. The molecule has 1 aliphatic rings. The molecular weight excluding hydrogens is 1100 g/mol. The van der Waals surface area contributed by atoms with E-state index in [1.165, 1.54) is 173 Å². The van der Waals surface area contributed by atoms with E-state index in [0.717, 1.165) is 109 Å². The van der Waals surface area contributed by atoms with Gasteiger partial charge >= 0.3 is 5.97 Å². The lowest BCUT2D eigenvalue weighted by Gasteiger charge is -2.41. The number of rotatable bonds is 63. The Balaban J connectivity index is 2.56. The van der Waals surface area contributed by atoms with Crippen LogP contribution in [0.15, 0.2) is 85.1 Å². The van der Waals surface area contributed by atoms with E-state index in [9.17, 15) is 35.1 Å². The molecule has 0 bridgehead atoms. The van der Waals surface area contributed by atoms with Gasteiger partial charge in [0, 0.05) is 6.42 Å². The first-order valence-corrected chi connectivity index (χ1v) is 36.9. The highest BCUT2D eigenvalue weighted by molar-refractivity contribution is 5.80. The Morgan fingerprint density at radius 1 is 0.455 bits per heavy atom. The summed E-state index contributed by atoms with van der Waals surface area (Å²) in [5.74, 6) is -1.20. The van der Waals surface area contributed by atoms with Crippen LogP contribution >= 0.6 is 0 Å². The van der Waals surface area contributed by atoms with Crippen molar-refractivity contribution in [3.05, 3.63) is 85.1 Å². The molecule has 11 nitrogen and oxygen atoms in total. The second-order valence-corrected chi connectivity index (χ2v) is 25.3. The van der Waals surface area contributed by atoms with Gasteiger partial charge in [0.15, 0.2) is 12.4 Å². The zero-order valence-electron chi connectivity index (χ0n) is 56.8. The van der Waals surface area contributed by atoms with Crippen LogP contribution in [-0.2, 0) is 23.8 Å². The minimum atomic E-state index is -1.62. The molecule has 8 unspecified atom stereocenters. The third kappa shape index (κ3) is 50.5. The summed E-state index contributed by atoms with van der Waals surface area (Å²) in [6.45, 7) is 5.70. The van der Waals surface area contributed by atoms with E-state index in [1.807, 2.05) is 6.08 Å². The van der Waals surface area contributed by atoms with Crippen LogP contribution in [0.25, 0.3) is 0 Å². The van der Waals surface area contributed by atoms with Crippen molar-refractivity contribution in [2.75, 3.05) is 13.2 Å². The largest absolute Gasteiger partial charge is 0.454 e. The van der Waals surface area contributed by atoms with Crippen LogP contribution in [0.4, 0.5) is 0 Å². The third-order valence-electron chi connectivity index (χ3n) is 17.0. The minimum Gasteiger partial charge on any atom is -0.454 e. The summed E-state index contributed by atoms with van der Waals surface area (Å²) >= 11 is 0. The van der Waals surface area contributed by atoms with Crippen LogP contribution in [0.3, 0.4) is 0 Å². The quantitative estimate of drug-likeness (QED) is 0.0195. The van der Waals surface area contributed by atoms with Crippen LogP contribution in [-0.4, -0.2) is 99.6 Å². The molecule has 1 saturated heterocycles. The fourth-order valence-electron chi connectivity index (χ4n) is 11.3. The average molecular weight is 1240 g/mol. The Morgan fingerprint density at radius 2 is 0.818 bits per heavy atom. The Morgan fingerprint density at radius 3 is 1.24 bits per heavy atom. The highest BCUT2D eigenvalue weighted by atomic mass is 16.7. The SMILES string of the molecule is CC/C=C\C/C=C\C/C=C\C/C=C\C/C=C\CCCCCCCCC(O)C(=O)NC(COC1OC(CO)C(O)C(O)C1OC(=O)CCCCCCCCCCCCCCCCC/C=C/CCCCCCCC)C(O)/C=C/CCCCCCCCCCCC. The van der Waals surface area contributed by atoms with E-state index in [4.69, 9.17) is 14.2 Å². The molecule has 8 atom stereocenters. The number of esters is 1. The molecule has 0 saturated carbocycles. The lowest BCUT2D eigenvalue weighted by molar-refractivity contribution is -0.305. The minimum absolute atomic E-state index is 0.122. The van der Waals surface area contributed by atoms with Crippen molar-refractivity contribution in [1.82, 2.24) is 5.32 Å². The van der Waals surface area contributed by atoms with Gasteiger partial charge in [0.05, 0.1) is 25.4 Å². The monoisotopic (exact) mass is 1240 g/mol. The summed E-state index contributed by atoms with van der Waals surface area (Å²) in [5.41, 5.74) is 0. The predicted molar refractivity (Wildman–Crippen MR) is 370 cm³/mol. The molecule has 510 valence electrons. The number of aliphatic hydroxyl groups excluding tert-OH is 5. The van der Waals surface area contributed by atoms with Gasteiger partial charge in [0.1, 0.15) is 24.4 Å². The predicted octanol–water partition coefficient (Wildman–Crippen LogP) is 19.2. The van der Waals surface area contributed by atoms with Crippen LogP contribution in [0.5, 0.6) is 0 Å². The molecule has 0 radical (unpaired) electrons. The van der Waals surface area contributed by atoms with Gasteiger partial charge in [-0.2, -0.15) is 0 Å². The summed E-state index contributed by atoms with van der Waals surface area (Å²) in [7, 11) is 0. The number of ether oxygens (including phenoxy) is 3. The zero-order chi connectivity index (χ0) is 63.9.